The number of amides is 13. The number of aliphatic imine (C=N–C) groups is 2. The topological polar surface area (TPSA) is 656 Å². The number of hydrogen-bond donors (Lipinski definition) is 21. The molecule has 0 unspecified atom stereocenters. The summed E-state index contributed by atoms with van der Waals surface area (Å²) in [5.74, 6) is -17.1. The molecular formula is C56H93N21O19. The molecule has 0 aromatic carbocycles. The van der Waals surface area contributed by atoms with Gasteiger partial charge in [0.05, 0.1) is 32.5 Å². The van der Waals surface area contributed by atoms with Gasteiger partial charge in [-0.05, 0) is 70.1 Å². The van der Waals surface area contributed by atoms with Crippen LogP contribution in [-0.2, 0) is 78.3 Å². The second-order valence-electron chi connectivity index (χ2n) is 23.2. The highest BCUT2D eigenvalue weighted by atomic mass is 16.4. The fourth-order valence-electron chi connectivity index (χ4n) is 9.51. The van der Waals surface area contributed by atoms with Gasteiger partial charge in [0.25, 0.3) is 0 Å². The summed E-state index contributed by atoms with van der Waals surface area (Å²) in [5.41, 5.74) is 27.7. The Bertz CT molecular complexity index is 2940. The molecular weight excluding hydrogens is 1270 g/mol. The number of carboxylic acid groups (broad SMARTS) is 2. The van der Waals surface area contributed by atoms with Crippen LogP contribution >= 0.6 is 0 Å². The molecule has 2 heterocycles. The van der Waals surface area contributed by atoms with E-state index < -0.39 is 200 Å². The van der Waals surface area contributed by atoms with Crippen LogP contribution in [0, 0.1) is 11.8 Å². The number of primary amides is 1. The first-order chi connectivity index (χ1) is 45.1. The summed E-state index contributed by atoms with van der Waals surface area (Å²) in [7, 11) is 0. The van der Waals surface area contributed by atoms with Gasteiger partial charge in [0.2, 0.25) is 76.8 Å². The van der Waals surface area contributed by atoms with Crippen LogP contribution in [-0.4, -0.2) is 242 Å². The maximum Gasteiger partial charge on any atom is 0.305 e. The molecule has 96 heavy (non-hydrogen) atoms. The van der Waals surface area contributed by atoms with Crippen LogP contribution in [0.5, 0.6) is 0 Å². The molecule has 536 valence electrons. The van der Waals surface area contributed by atoms with Crippen molar-refractivity contribution in [2.24, 2.45) is 50.5 Å². The summed E-state index contributed by atoms with van der Waals surface area (Å²) in [5, 5.41) is 65.5. The van der Waals surface area contributed by atoms with Gasteiger partial charge in [-0.25, -0.2) is 4.98 Å². The van der Waals surface area contributed by atoms with Gasteiger partial charge < -0.3 is 117 Å². The highest BCUT2D eigenvalue weighted by Crippen LogP contribution is 2.20. The van der Waals surface area contributed by atoms with E-state index in [1.807, 2.05) is 0 Å². The first-order valence-electron chi connectivity index (χ1n) is 30.7. The Labute approximate surface area is 551 Å². The van der Waals surface area contributed by atoms with E-state index in [-0.39, 0.29) is 88.8 Å². The molecule has 11 atom stereocenters. The molecule has 1 aliphatic rings. The number of carbonyl (C=O) groups is 15. The minimum absolute atomic E-state index is 0.0154. The van der Waals surface area contributed by atoms with E-state index in [0.29, 0.717) is 5.69 Å². The van der Waals surface area contributed by atoms with Crippen molar-refractivity contribution in [3.05, 3.63) is 18.2 Å². The van der Waals surface area contributed by atoms with Crippen molar-refractivity contribution < 1.29 is 92.3 Å². The van der Waals surface area contributed by atoms with Crippen LogP contribution in [0.4, 0.5) is 0 Å². The predicted octanol–water partition coefficient (Wildman–Crippen LogP) is -9.43. The Morgan fingerprint density at radius 2 is 1.08 bits per heavy atom. The van der Waals surface area contributed by atoms with E-state index in [1.54, 1.807) is 27.7 Å². The smallest absolute Gasteiger partial charge is 0.305 e. The summed E-state index contributed by atoms with van der Waals surface area (Å²) in [4.78, 5) is 214. The highest BCUT2D eigenvalue weighted by Gasteiger charge is 2.41. The summed E-state index contributed by atoms with van der Waals surface area (Å²) >= 11 is 0. The standard InChI is InChI=1S/C56H93N21O19/c1-26(2)18-34(49(91)75-38(24-79)52(94)76-43(27(3)4)44(57)86)72-48(90)33(13-14-41(82)83)69-40(81)22-65-46(88)31(10-7-15-63-55(58)59)71-47(89)32(11-8-16-64-56(60)61)70-45(87)28(5)67-53(95)39-12-9-17-77(39)54(96)36(20-42(84)85)73-51(93)37(23-78)74-50(92)35(68-29(6)80)19-30-21-62-25-66-30/h21,25-28,31-39,43,78-79H,7-20,22-24H2,1-6H3,(H2,57,86)(H,62,66)(H,65,88)(H,67,95)(H,68,80)(H,69,81)(H,70,87)(H,71,89)(H,72,90)(H,73,93)(H,74,92)(H,75,91)(H,76,94)(H,82,83)(H,84,85)(H4,58,59,63)(H4,60,61,64)/t28-,31-,32-,33-,34-,35-,36-,37-,38-,39-,43-/m0/s1. The van der Waals surface area contributed by atoms with Crippen LogP contribution in [0.3, 0.4) is 0 Å². The Kier molecular flexibility index (Phi) is 35.3. The molecule has 26 N–H and O–H groups in total. The monoisotopic (exact) mass is 1360 g/mol. The second-order valence-corrected chi connectivity index (χ2v) is 23.2. The largest absolute Gasteiger partial charge is 0.481 e. The van der Waals surface area contributed by atoms with E-state index in [2.05, 4.69) is 78.4 Å². The summed E-state index contributed by atoms with van der Waals surface area (Å²) < 4.78 is 0. The number of carbonyl (C=O) groups excluding carboxylic acids is 13. The predicted molar refractivity (Wildman–Crippen MR) is 337 cm³/mol. The zero-order chi connectivity index (χ0) is 72.5. The zero-order valence-corrected chi connectivity index (χ0v) is 54.3. The lowest BCUT2D eigenvalue weighted by Gasteiger charge is -2.30. The zero-order valence-electron chi connectivity index (χ0n) is 54.3. The number of H-pyrrole nitrogens is 1. The number of likely N-dealkylation sites (tertiary alicyclic amines) is 1. The van der Waals surface area contributed by atoms with Gasteiger partial charge in [-0.2, -0.15) is 0 Å². The van der Waals surface area contributed by atoms with Gasteiger partial charge in [0.15, 0.2) is 11.9 Å². The highest BCUT2D eigenvalue weighted by molar-refractivity contribution is 6.00. The number of hydrogen-bond acceptors (Lipinski definition) is 20. The molecule has 40 heteroatoms. The van der Waals surface area contributed by atoms with E-state index in [4.69, 9.17) is 28.7 Å². The number of aliphatic hydroxyl groups excluding tert-OH is 2. The molecule has 2 rings (SSSR count). The Balaban J connectivity index is 2.34. The summed E-state index contributed by atoms with van der Waals surface area (Å²) in [6, 6.07) is -16.7. The normalized spacial score (nSPS) is 15.7. The molecule has 0 radical (unpaired) electrons. The van der Waals surface area contributed by atoms with Crippen molar-refractivity contribution >= 4 is 101 Å². The van der Waals surface area contributed by atoms with Crippen LogP contribution in [0.2, 0.25) is 0 Å². The van der Waals surface area contributed by atoms with Gasteiger partial charge in [0.1, 0.15) is 66.5 Å². The molecule has 13 amide bonds. The van der Waals surface area contributed by atoms with E-state index >= 15 is 0 Å². The molecule has 40 nitrogen and oxygen atoms in total. The third-order valence-corrected chi connectivity index (χ3v) is 14.4. The van der Waals surface area contributed by atoms with Crippen molar-refractivity contribution in [3.63, 3.8) is 0 Å². The van der Waals surface area contributed by atoms with Crippen LogP contribution in [0.1, 0.15) is 111 Å². The first-order valence-corrected chi connectivity index (χ1v) is 30.7. The first kappa shape index (κ1) is 81.8. The van der Waals surface area contributed by atoms with Gasteiger partial charge in [-0.15, -0.1) is 0 Å². The van der Waals surface area contributed by atoms with E-state index in [1.165, 1.54) is 19.4 Å². The maximum atomic E-state index is 14.2. The third kappa shape index (κ3) is 29.8. The summed E-state index contributed by atoms with van der Waals surface area (Å²) in [6.07, 6.45) is 0.0249. The average molecular weight is 1360 g/mol. The van der Waals surface area contributed by atoms with Crippen molar-refractivity contribution in [1.29, 1.82) is 0 Å². The molecule has 0 saturated carbocycles. The van der Waals surface area contributed by atoms with Crippen molar-refractivity contribution in [3.8, 4) is 0 Å². The number of aromatic amines is 1. The molecule has 0 aliphatic carbocycles. The van der Waals surface area contributed by atoms with E-state index in [0.717, 1.165) is 11.8 Å². The third-order valence-electron chi connectivity index (χ3n) is 14.4. The van der Waals surface area contributed by atoms with Crippen molar-refractivity contribution in [2.45, 2.75) is 179 Å². The number of nitrogens with two attached hydrogens (primary N) is 5. The number of aromatic nitrogens is 2. The van der Waals surface area contributed by atoms with Gasteiger partial charge in [0, 0.05) is 51.3 Å². The molecule has 1 aromatic rings. The average Bonchev–Trinajstić information content (AvgIpc) is 1.64. The Hall–Kier alpha value is -10.3. The lowest BCUT2D eigenvalue weighted by atomic mass is 10.0. The SMILES string of the molecule is CC(=O)N[C@@H](Cc1cnc[nH]1)C(=O)N[C@@H](CO)C(=O)N[C@@H](CC(=O)O)C(=O)N1CCC[C@H]1C(=O)N[C@@H](C)C(=O)N[C@@H](CCCN=C(N)N)C(=O)N[C@@H](CCCN=C(N)N)C(=O)NCC(=O)N[C@@H](CCC(=O)O)C(=O)N[C@@H](CC(C)C)C(=O)N[C@@H](CO)C(=O)N[C@H](C(N)=O)C(C)C. The van der Waals surface area contributed by atoms with Crippen LogP contribution in [0.15, 0.2) is 22.5 Å². The number of carboxylic acids is 2. The number of nitrogens with zero attached hydrogens (tertiary/aromatic N) is 4. The summed E-state index contributed by atoms with van der Waals surface area (Å²) in [6.45, 7) is 5.73. The molecule has 1 aromatic heterocycles. The number of aliphatic hydroxyl groups is 2. The van der Waals surface area contributed by atoms with Gasteiger partial charge in [-0.1, -0.05) is 27.7 Å². The Morgan fingerprint density at radius 1 is 0.594 bits per heavy atom. The minimum Gasteiger partial charge on any atom is -0.481 e. The van der Waals surface area contributed by atoms with Crippen LogP contribution < -0.4 is 87.2 Å². The lowest BCUT2D eigenvalue weighted by molar-refractivity contribution is -0.146. The van der Waals surface area contributed by atoms with E-state index in [9.17, 15) is 92.3 Å². The molecule has 0 bridgehead atoms. The maximum absolute atomic E-state index is 14.2. The molecule has 1 aliphatic heterocycles. The number of nitrogens with one attached hydrogen (secondary N) is 12. The number of guanidine groups is 2. The fraction of sp³-hybridized carbons (Fsp3) is 0.643. The lowest BCUT2D eigenvalue weighted by Crippen LogP contribution is -2.60. The quantitative estimate of drug-likeness (QED) is 0.0164. The van der Waals surface area contributed by atoms with Gasteiger partial charge in [-0.3, -0.25) is 81.9 Å². The Morgan fingerprint density at radius 3 is 1.57 bits per heavy atom. The number of imidazole rings is 1. The van der Waals surface area contributed by atoms with Crippen molar-refractivity contribution in [2.75, 3.05) is 39.4 Å². The molecule has 1 saturated heterocycles. The van der Waals surface area contributed by atoms with Crippen molar-refractivity contribution in [1.82, 2.24) is 73.4 Å². The molecule has 1 fully saturated rings. The minimum atomic E-state index is -1.87. The van der Waals surface area contributed by atoms with Gasteiger partial charge >= 0.3 is 11.9 Å². The number of rotatable bonds is 43. The second kappa shape index (κ2) is 41.4. The van der Waals surface area contributed by atoms with Crippen LogP contribution in [0.25, 0.3) is 0 Å². The molecule has 0 spiro atoms. The number of aliphatic carboxylic acids is 2. The fourth-order valence-corrected chi connectivity index (χ4v) is 9.51.